The summed E-state index contributed by atoms with van der Waals surface area (Å²) in [6.07, 6.45) is -3.46. The monoisotopic (exact) mass is 368 g/mol. The molecule has 0 fully saturated rings. The Bertz CT molecular complexity index is 998. The highest BCUT2D eigenvalue weighted by molar-refractivity contribution is 6.05. The van der Waals surface area contributed by atoms with Crippen LogP contribution >= 0.6 is 0 Å². The Kier molecular flexibility index (Phi) is 4.18. The number of carbonyl (C=O) groups excluding carboxylic acids is 1. The Labute approximate surface area is 144 Å². The van der Waals surface area contributed by atoms with Gasteiger partial charge in [-0.15, -0.1) is 0 Å². The van der Waals surface area contributed by atoms with E-state index >= 15 is 0 Å². The Hall–Kier alpha value is -3.30. The first-order valence-corrected chi connectivity index (χ1v) is 7.25. The number of nitrogens with two attached hydrogens (primary N) is 1. The molecular weight excluding hydrogens is 356 g/mol. The summed E-state index contributed by atoms with van der Waals surface area (Å²) in [6.45, 7) is 1.28. The highest BCUT2D eigenvalue weighted by Crippen LogP contribution is 2.39. The van der Waals surface area contributed by atoms with Crippen molar-refractivity contribution >= 4 is 40.0 Å². The molecule has 2 aromatic heterocycles. The lowest BCUT2D eigenvalue weighted by atomic mass is 10.1. The zero-order valence-electron chi connectivity index (χ0n) is 13.2. The minimum atomic E-state index is -4.84. The van der Waals surface area contributed by atoms with Crippen molar-refractivity contribution in [2.75, 3.05) is 16.4 Å². The fourth-order valence-corrected chi connectivity index (χ4v) is 2.39. The second-order valence-corrected chi connectivity index (χ2v) is 5.38. The zero-order valence-corrected chi connectivity index (χ0v) is 13.2. The van der Waals surface area contributed by atoms with Gasteiger partial charge in [-0.05, 0) is 24.3 Å². The minimum absolute atomic E-state index is 0.0361. The van der Waals surface area contributed by atoms with Gasteiger partial charge in [-0.25, -0.2) is 9.37 Å². The number of nitrogen functional groups attached to an aromatic ring is 1. The normalized spacial score (nSPS) is 11.6. The number of hydrogen-bond acceptors (Lipinski definition) is 5. The van der Waals surface area contributed by atoms with Crippen LogP contribution in [0.2, 0.25) is 0 Å². The molecule has 0 unspecified atom stereocenters. The van der Waals surface area contributed by atoms with Crippen LogP contribution in [-0.4, -0.2) is 10.9 Å². The van der Waals surface area contributed by atoms with E-state index < -0.39 is 17.6 Å². The van der Waals surface area contributed by atoms with Crippen molar-refractivity contribution in [3.8, 4) is 0 Å². The maximum absolute atomic E-state index is 13.4. The number of benzene rings is 1. The van der Waals surface area contributed by atoms with E-state index in [1.807, 2.05) is 0 Å². The molecule has 26 heavy (non-hydrogen) atoms. The topological polar surface area (TPSA) is 93.2 Å². The predicted octanol–water partition coefficient (Wildman–Crippen LogP) is 4.27. The first-order valence-electron chi connectivity index (χ1n) is 7.25. The molecule has 0 aliphatic rings. The summed E-state index contributed by atoms with van der Waals surface area (Å²) in [5, 5.41) is 5.54. The maximum Gasteiger partial charge on any atom is 0.419 e. The molecule has 0 saturated heterocycles. The summed E-state index contributed by atoms with van der Waals surface area (Å²) in [6, 6.07) is 3.98. The number of amides is 1. The van der Waals surface area contributed by atoms with Gasteiger partial charge in [0.05, 0.1) is 10.9 Å². The molecule has 0 saturated carbocycles. The summed E-state index contributed by atoms with van der Waals surface area (Å²) in [4.78, 5) is 15.2. The minimum Gasteiger partial charge on any atom is -0.435 e. The smallest absolute Gasteiger partial charge is 0.419 e. The lowest BCUT2D eigenvalue weighted by Gasteiger charge is -2.11. The second kappa shape index (κ2) is 6.21. The van der Waals surface area contributed by atoms with E-state index in [1.165, 1.54) is 19.2 Å². The van der Waals surface area contributed by atoms with Crippen molar-refractivity contribution in [1.29, 1.82) is 0 Å². The summed E-state index contributed by atoms with van der Waals surface area (Å²) in [7, 11) is 0. The number of carbonyl (C=O) groups is 1. The molecule has 0 aliphatic heterocycles. The van der Waals surface area contributed by atoms with Gasteiger partial charge < -0.3 is 20.8 Å². The van der Waals surface area contributed by atoms with Gasteiger partial charge in [0.1, 0.15) is 11.5 Å². The van der Waals surface area contributed by atoms with E-state index in [0.717, 1.165) is 6.07 Å². The summed E-state index contributed by atoms with van der Waals surface area (Å²) < 4.78 is 57.3. The van der Waals surface area contributed by atoms with Gasteiger partial charge >= 0.3 is 6.18 Å². The SMILES string of the molecule is CC(=O)Nc1nccc2c(Nc3ccc(F)c(C(F)(F)F)c3)c(N)oc12. The molecule has 0 radical (unpaired) electrons. The molecule has 136 valence electrons. The molecule has 0 aliphatic carbocycles. The fraction of sp³-hybridized carbons (Fsp3) is 0.125. The average Bonchev–Trinajstić information content (AvgIpc) is 2.85. The van der Waals surface area contributed by atoms with Gasteiger partial charge in [0.2, 0.25) is 11.8 Å². The van der Waals surface area contributed by atoms with Gasteiger partial charge in [0, 0.05) is 18.8 Å². The lowest BCUT2D eigenvalue weighted by Crippen LogP contribution is -2.08. The first kappa shape index (κ1) is 17.5. The largest absolute Gasteiger partial charge is 0.435 e. The van der Waals surface area contributed by atoms with Crippen molar-refractivity contribution in [3.63, 3.8) is 0 Å². The molecule has 0 spiro atoms. The van der Waals surface area contributed by atoms with Gasteiger partial charge in [-0.3, -0.25) is 4.79 Å². The third-order valence-electron chi connectivity index (χ3n) is 3.47. The van der Waals surface area contributed by atoms with Crippen LogP contribution in [0.15, 0.2) is 34.9 Å². The third-order valence-corrected chi connectivity index (χ3v) is 3.47. The molecule has 2 heterocycles. The van der Waals surface area contributed by atoms with Crippen LogP contribution < -0.4 is 16.4 Å². The van der Waals surface area contributed by atoms with Crippen molar-refractivity contribution in [3.05, 3.63) is 41.8 Å². The van der Waals surface area contributed by atoms with Crippen LogP contribution in [0.25, 0.3) is 11.0 Å². The number of anilines is 4. The highest BCUT2D eigenvalue weighted by Gasteiger charge is 2.34. The van der Waals surface area contributed by atoms with Crippen molar-refractivity contribution in [2.45, 2.75) is 13.1 Å². The number of aromatic nitrogens is 1. The predicted molar refractivity (Wildman–Crippen MR) is 87.4 cm³/mol. The summed E-state index contributed by atoms with van der Waals surface area (Å²) in [5.74, 6) is -1.78. The number of halogens is 4. The zero-order chi connectivity index (χ0) is 19.1. The summed E-state index contributed by atoms with van der Waals surface area (Å²) in [5.41, 5.74) is 4.67. The first-order chi connectivity index (χ1) is 12.2. The number of rotatable bonds is 3. The molecule has 3 aromatic rings. The molecule has 0 atom stereocenters. The van der Waals surface area contributed by atoms with E-state index in [9.17, 15) is 22.4 Å². The van der Waals surface area contributed by atoms with Crippen LogP contribution in [0.3, 0.4) is 0 Å². The number of pyridine rings is 1. The number of alkyl halides is 3. The highest BCUT2D eigenvalue weighted by atomic mass is 19.4. The standard InChI is InChI=1S/C16H12F4N4O2/c1-7(25)23-15-13-9(4-5-22-15)12(14(21)26-13)24-8-2-3-11(17)10(6-8)16(18,19)20/h2-6,24H,21H2,1H3,(H,22,23,25). The Morgan fingerprint density at radius 3 is 2.65 bits per heavy atom. The van der Waals surface area contributed by atoms with Crippen LogP contribution in [0.4, 0.5) is 40.6 Å². The summed E-state index contributed by atoms with van der Waals surface area (Å²) >= 11 is 0. The lowest BCUT2D eigenvalue weighted by molar-refractivity contribution is -0.139. The van der Waals surface area contributed by atoms with E-state index in [0.29, 0.717) is 17.5 Å². The molecular formula is C16H12F4N4O2. The van der Waals surface area contributed by atoms with Crippen LogP contribution in [0, 0.1) is 5.82 Å². The molecule has 4 N–H and O–H groups in total. The molecule has 1 amide bonds. The van der Waals surface area contributed by atoms with Crippen molar-refractivity contribution in [1.82, 2.24) is 4.98 Å². The molecule has 6 nitrogen and oxygen atoms in total. The molecule has 10 heteroatoms. The Morgan fingerprint density at radius 2 is 2.00 bits per heavy atom. The number of nitrogens with zero attached hydrogens (tertiary/aromatic N) is 1. The third kappa shape index (κ3) is 3.25. The maximum atomic E-state index is 13.4. The number of nitrogens with one attached hydrogen (secondary N) is 2. The number of fused-ring (bicyclic) bond motifs is 1. The van der Waals surface area contributed by atoms with Crippen LogP contribution in [0.5, 0.6) is 0 Å². The van der Waals surface area contributed by atoms with Gasteiger partial charge in [-0.2, -0.15) is 13.2 Å². The van der Waals surface area contributed by atoms with Gasteiger partial charge in [0.25, 0.3) is 0 Å². The fourth-order valence-electron chi connectivity index (χ4n) is 2.39. The molecule has 1 aromatic carbocycles. The molecule has 3 rings (SSSR count). The number of hydrogen-bond donors (Lipinski definition) is 3. The van der Waals surface area contributed by atoms with Crippen LogP contribution in [-0.2, 0) is 11.0 Å². The number of furan rings is 1. The van der Waals surface area contributed by atoms with Gasteiger partial charge in [-0.1, -0.05) is 0 Å². The van der Waals surface area contributed by atoms with E-state index in [2.05, 4.69) is 15.6 Å². The van der Waals surface area contributed by atoms with Crippen molar-refractivity contribution < 1.29 is 26.8 Å². The van der Waals surface area contributed by atoms with Crippen LogP contribution in [0.1, 0.15) is 12.5 Å². The average molecular weight is 368 g/mol. The van der Waals surface area contributed by atoms with E-state index in [-0.39, 0.29) is 34.6 Å². The van der Waals surface area contributed by atoms with Gasteiger partial charge in [0.15, 0.2) is 11.4 Å². The second-order valence-electron chi connectivity index (χ2n) is 5.38. The Morgan fingerprint density at radius 1 is 1.27 bits per heavy atom. The van der Waals surface area contributed by atoms with E-state index in [4.69, 9.17) is 10.2 Å². The Balaban J connectivity index is 2.05. The quantitative estimate of drug-likeness (QED) is 0.601. The molecule has 0 bridgehead atoms. The van der Waals surface area contributed by atoms with Crippen molar-refractivity contribution in [2.24, 2.45) is 0 Å². The van der Waals surface area contributed by atoms with E-state index in [1.54, 1.807) is 0 Å².